The molecule has 6 heteroatoms. The largest absolute Gasteiger partial charge is 0.480 e. The van der Waals surface area contributed by atoms with E-state index >= 15 is 0 Å². The zero-order valence-electron chi connectivity index (χ0n) is 14.6. The first-order valence-electron chi connectivity index (χ1n) is 8.70. The monoisotopic (exact) mass is 314 g/mol. The maximum atomic E-state index is 11.1. The van der Waals surface area contributed by atoms with Crippen molar-refractivity contribution in [1.29, 1.82) is 0 Å². The van der Waals surface area contributed by atoms with Crippen LogP contribution in [0.25, 0.3) is 0 Å². The van der Waals surface area contributed by atoms with E-state index < -0.39 is 5.97 Å². The van der Waals surface area contributed by atoms with E-state index in [1.807, 2.05) is 0 Å². The van der Waals surface area contributed by atoms with Gasteiger partial charge < -0.3 is 19.8 Å². The Labute approximate surface area is 135 Å². The van der Waals surface area contributed by atoms with Gasteiger partial charge in [0.25, 0.3) is 0 Å². The Morgan fingerprint density at radius 1 is 0.682 bits per heavy atom. The lowest BCUT2D eigenvalue weighted by atomic mass is 10.3. The van der Waals surface area contributed by atoms with Crippen LogP contribution in [0.5, 0.6) is 0 Å². The molecule has 22 heavy (non-hydrogen) atoms. The number of aliphatic carboxylic acids is 1. The van der Waals surface area contributed by atoms with Gasteiger partial charge in [0, 0.05) is 52.4 Å². The van der Waals surface area contributed by atoms with E-state index in [4.69, 9.17) is 5.11 Å². The molecule has 0 bridgehead atoms. The van der Waals surface area contributed by atoms with Gasteiger partial charge >= 0.3 is 5.97 Å². The topological polar surface area (TPSA) is 50.3 Å². The molecule has 1 aliphatic heterocycles. The van der Waals surface area contributed by atoms with Gasteiger partial charge in [-0.05, 0) is 19.6 Å². The zero-order chi connectivity index (χ0) is 16.4. The van der Waals surface area contributed by atoms with Crippen LogP contribution in [0.2, 0.25) is 0 Å². The van der Waals surface area contributed by atoms with Crippen molar-refractivity contribution < 1.29 is 9.90 Å². The van der Waals surface area contributed by atoms with E-state index in [2.05, 4.69) is 40.4 Å². The Hall–Kier alpha value is -0.690. The molecule has 1 rings (SSSR count). The van der Waals surface area contributed by atoms with Gasteiger partial charge in [0.05, 0.1) is 6.54 Å². The van der Waals surface area contributed by atoms with Crippen molar-refractivity contribution in [3.63, 3.8) is 0 Å². The molecule has 0 atom stereocenters. The van der Waals surface area contributed by atoms with Crippen LogP contribution in [0.3, 0.4) is 0 Å². The lowest BCUT2D eigenvalue weighted by Crippen LogP contribution is -2.46. The molecule has 0 aromatic rings. The summed E-state index contributed by atoms with van der Waals surface area (Å²) >= 11 is 0. The van der Waals surface area contributed by atoms with E-state index in [1.165, 1.54) is 0 Å². The number of hydrogen-bond donors (Lipinski definition) is 1. The van der Waals surface area contributed by atoms with Crippen LogP contribution in [0.15, 0.2) is 0 Å². The fraction of sp³-hybridized carbons (Fsp3) is 0.938. The van der Waals surface area contributed by atoms with Crippen molar-refractivity contribution in [1.82, 2.24) is 19.6 Å². The summed E-state index contributed by atoms with van der Waals surface area (Å²) < 4.78 is 0. The van der Waals surface area contributed by atoms with Gasteiger partial charge in [-0.2, -0.15) is 0 Å². The standard InChI is InChI=1S/C16H34N4O2/c1-4-17-7-9-18(5-2)11-13-20(15-16(21)22)14-12-19(6-3)10-8-17/h4-15H2,1-3H3,(H,21,22). The number of nitrogens with zero attached hydrogens (tertiary/aromatic N) is 4. The SMILES string of the molecule is CCN1CCN(CC)CCN(CC(=O)O)CCN(CC)CC1. The third-order valence-corrected chi connectivity index (χ3v) is 4.63. The summed E-state index contributed by atoms with van der Waals surface area (Å²) in [5, 5.41) is 9.09. The second kappa shape index (κ2) is 10.9. The highest BCUT2D eigenvalue weighted by molar-refractivity contribution is 5.69. The number of carbonyl (C=O) groups is 1. The molecule has 0 aromatic carbocycles. The van der Waals surface area contributed by atoms with Gasteiger partial charge in [-0.15, -0.1) is 0 Å². The van der Waals surface area contributed by atoms with Crippen molar-refractivity contribution >= 4 is 5.97 Å². The zero-order valence-corrected chi connectivity index (χ0v) is 14.6. The number of rotatable bonds is 5. The van der Waals surface area contributed by atoms with Crippen molar-refractivity contribution in [3.05, 3.63) is 0 Å². The first kappa shape index (κ1) is 19.4. The van der Waals surface area contributed by atoms with Crippen LogP contribution >= 0.6 is 0 Å². The summed E-state index contributed by atoms with van der Waals surface area (Å²) in [7, 11) is 0. The molecule has 1 aliphatic rings. The molecule has 1 saturated heterocycles. The maximum absolute atomic E-state index is 11.1. The molecule has 0 aromatic heterocycles. The average Bonchev–Trinajstić information content (AvgIpc) is 2.50. The Balaban J connectivity index is 2.66. The summed E-state index contributed by atoms with van der Waals surface area (Å²) in [4.78, 5) is 20.5. The summed E-state index contributed by atoms with van der Waals surface area (Å²) in [6, 6.07) is 0. The molecule has 0 saturated carbocycles. The highest BCUT2D eigenvalue weighted by atomic mass is 16.4. The molecule has 0 amide bonds. The second-order valence-electron chi connectivity index (χ2n) is 5.97. The Bertz CT molecular complexity index is 295. The van der Waals surface area contributed by atoms with Crippen LogP contribution in [-0.4, -0.2) is 109 Å². The highest BCUT2D eigenvalue weighted by Gasteiger charge is 2.15. The molecule has 1 fully saturated rings. The van der Waals surface area contributed by atoms with Crippen LogP contribution in [0.1, 0.15) is 20.8 Å². The smallest absolute Gasteiger partial charge is 0.317 e. The summed E-state index contributed by atoms with van der Waals surface area (Å²) in [5.74, 6) is -0.727. The van der Waals surface area contributed by atoms with Crippen LogP contribution in [-0.2, 0) is 4.79 Å². The molecule has 0 radical (unpaired) electrons. The van der Waals surface area contributed by atoms with E-state index in [1.54, 1.807) is 0 Å². The van der Waals surface area contributed by atoms with E-state index in [9.17, 15) is 4.79 Å². The first-order chi connectivity index (χ1) is 10.6. The summed E-state index contributed by atoms with van der Waals surface area (Å²) in [6.07, 6.45) is 0. The fourth-order valence-corrected chi connectivity index (χ4v) is 2.88. The van der Waals surface area contributed by atoms with Gasteiger partial charge in [0.2, 0.25) is 0 Å². The van der Waals surface area contributed by atoms with Gasteiger partial charge in [0.1, 0.15) is 0 Å². The Morgan fingerprint density at radius 2 is 0.955 bits per heavy atom. The Kier molecular flexibility index (Phi) is 9.63. The molecule has 0 unspecified atom stereocenters. The van der Waals surface area contributed by atoms with Crippen molar-refractivity contribution in [2.45, 2.75) is 20.8 Å². The van der Waals surface area contributed by atoms with Crippen molar-refractivity contribution in [3.8, 4) is 0 Å². The molecular weight excluding hydrogens is 280 g/mol. The normalized spacial score (nSPS) is 22.1. The van der Waals surface area contributed by atoms with Gasteiger partial charge in [-0.25, -0.2) is 0 Å². The minimum Gasteiger partial charge on any atom is -0.480 e. The van der Waals surface area contributed by atoms with E-state index in [-0.39, 0.29) is 6.54 Å². The molecule has 0 spiro atoms. The molecule has 0 aliphatic carbocycles. The number of hydrogen-bond acceptors (Lipinski definition) is 5. The minimum absolute atomic E-state index is 0.149. The fourth-order valence-electron chi connectivity index (χ4n) is 2.88. The van der Waals surface area contributed by atoms with Gasteiger partial charge in [-0.1, -0.05) is 20.8 Å². The minimum atomic E-state index is -0.727. The molecule has 6 nitrogen and oxygen atoms in total. The van der Waals surface area contributed by atoms with Crippen molar-refractivity contribution in [2.75, 3.05) is 78.5 Å². The maximum Gasteiger partial charge on any atom is 0.317 e. The molecule has 1 N–H and O–H groups in total. The van der Waals surface area contributed by atoms with E-state index in [0.717, 1.165) is 72.0 Å². The number of carboxylic acids is 1. The van der Waals surface area contributed by atoms with Crippen LogP contribution in [0, 0.1) is 0 Å². The first-order valence-corrected chi connectivity index (χ1v) is 8.70. The predicted octanol–water partition coefficient (Wildman–Crippen LogP) is 0.352. The molecular formula is C16H34N4O2. The van der Waals surface area contributed by atoms with Crippen molar-refractivity contribution in [2.24, 2.45) is 0 Å². The quantitative estimate of drug-likeness (QED) is 0.790. The molecule has 130 valence electrons. The second-order valence-corrected chi connectivity index (χ2v) is 5.97. The average molecular weight is 314 g/mol. The molecule has 1 heterocycles. The van der Waals surface area contributed by atoms with Gasteiger partial charge in [-0.3, -0.25) is 9.69 Å². The highest BCUT2D eigenvalue weighted by Crippen LogP contribution is 2.00. The summed E-state index contributed by atoms with van der Waals surface area (Å²) in [6.45, 7) is 17.8. The van der Waals surface area contributed by atoms with Crippen LogP contribution in [0.4, 0.5) is 0 Å². The Morgan fingerprint density at radius 3 is 1.18 bits per heavy atom. The van der Waals surface area contributed by atoms with Crippen LogP contribution < -0.4 is 0 Å². The lowest BCUT2D eigenvalue weighted by molar-refractivity contribution is -0.138. The lowest BCUT2D eigenvalue weighted by Gasteiger charge is -2.32. The predicted molar refractivity (Wildman–Crippen MR) is 90.4 cm³/mol. The number of likely N-dealkylation sites (N-methyl/N-ethyl adjacent to an activating group) is 3. The van der Waals surface area contributed by atoms with Gasteiger partial charge in [0.15, 0.2) is 0 Å². The number of carboxylic acid groups (broad SMARTS) is 1. The third kappa shape index (κ3) is 7.54. The third-order valence-electron chi connectivity index (χ3n) is 4.63. The summed E-state index contributed by atoms with van der Waals surface area (Å²) in [5.41, 5.74) is 0. The van der Waals surface area contributed by atoms with E-state index in [0.29, 0.717) is 0 Å².